The maximum atomic E-state index is 13.2. The van der Waals surface area contributed by atoms with Crippen LogP contribution in [0.1, 0.15) is 34.1 Å². The molecule has 0 atom stereocenters. The number of aromatic nitrogens is 2. The molecule has 0 aliphatic heterocycles. The first-order valence-corrected chi connectivity index (χ1v) is 11.5. The molecule has 178 valence electrons. The molecule has 7 nitrogen and oxygen atoms in total. The molecule has 1 amide bonds. The van der Waals surface area contributed by atoms with Crippen LogP contribution in [0.15, 0.2) is 72.8 Å². The van der Waals surface area contributed by atoms with Gasteiger partial charge in [0.05, 0.1) is 17.9 Å². The van der Waals surface area contributed by atoms with E-state index in [1.54, 1.807) is 18.2 Å². The number of ether oxygens (including phenoxy) is 1. The van der Waals surface area contributed by atoms with Crippen LogP contribution in [0.4, 0.5) is 28.8 Å². The van der Waals surface area contributed by atoms with Gasteiger partial charge in [0.1, 0.15) is 11.4 Å². The lowest BCUT2D eigenvalue weighted by Gasteiger charge is -2.17. The number of anilines is 5. The molecule has 0 saturated heterocycles. The van der Waals surface area contributed by atoms with Gasteiger partial charge in [-0.25, -0.2) is 4.98 Å². The van der Waals surface area contributed by atoms with Crippen molar-refractivity contribution >= 4 is 34.7 Å². The van der Waals surface area contributed by atoms with Crippen LogP contribution in [-0.4, -0.2) is 22.5 Å². The number of rotatable bonds is 8. The first-order chi connectivity index (χ1) is 16.9. The SMILES string of the molecule is CCOc1ccccc1C(=O)Nc1c(C)nc(Nc2ccc(C)cc2)nc1Nc1ccc(C)cc1. The molecule has 3 aromatic carbocycles. The van der Waals surface area contributed by atoms with Crippen LogP contribution in [0.2, 0.25) is 0 Å². The maximum Gasteiger partial charge on any atom is 0.259 e. The molecule has 7 heteroatoms. The molecule has 0 unspecified atom stereocenters. The third-order valence-corrected chi connectivity index (χ3v) is 5.38. The van der Waals surface area contributed by atoms with Gasteiger partial charge < -0.3 is 20.7 Å². The van der Waals surface area contributed by atoms with E-state index in [2.05, 4.69) is 20.9 Å². The number of hydrogen-bond donors (Lipinski definition) is 3. The monoisotopic (exact) mass is 467 g/mol. The molecule has 1 heterocycles. The van der Waals surface area contributed by atoms with E-state index in [9.17, 15) is 4.79 Å². The number of carbonyl (C=O) groups is 1. The molecule has 35 heavy (non-hydrogen) atoms. The number of aryl methyl sites for hydroxylation is 3. The summed E-state index contributed by atoms with van der Waals surface area (Å²) < 4.78 is 5.64. The third kappa shape index (κ3) is 5.95. The molecule has 4 rings (SSSR count). The van der Waals surface area contributed by atoms with E-state index in [4.69, 9.17) is 9.72 Å². The fraction of sp³-hybridized carbons (Fsp3) is 0.179. The van der Waals surface area contributed by atoms with Crippen molar-refractivity contribution in [2.24, 2.45) is 0 Å². The van der Waals surface area contributed by atoms with E-state index < -0.39 is 0 Å². The Bertz CT molecular complexity index is 1320. The second kappa shape index (κ2) is 10.7. The Morgan fingerprint density at radius 3 is 2.03 bits per heavy atom. The Morgan fingerprint density at radius 2 is 1.40 bits per heavy atom. The number of para-hydroxylation sites is 1. The number of benzene rings is 3. The van der Waals surface area contributed by atoms with Gasteiger partial charge in [0.25, 0.3) is 5.91 Å². The molecular weight excluding hydrogens is 438 g/mol. The zero-order chi connectivity index (χ0) is 24.8. The molecule has 0 aliphatic rings. The number of hydrogen-bond acceptors (Lipinski definition) is 6. The van der Waals surface area contributed by atoms with Gasteiger partial charge in [-0.1, -0.05) is 47.5 Å². The van der Waals surface area contributed by atoms with Crippen LogP contribution < -0.4 is 20.7 Å². The van der Waals surface area contributed by atoms with Crippen molar-refractivity contribution in [3.05, 3.63) is 95.2 Å². The third-order valence-electron chi connectivity index (χ3n) is 5.38. The molecule has 3 N–H and O–H groups in total. The van der Waals surface area contributed by atoms with Gasteiger partial charge in [-0.05, 0) is 64.1 Å². The summed E-state index contributed by atoms with van der Waals surface area (Å²) in [6.45, 7) is 8.26. The van der Waals surface area contributed by atoms with Crippen molar-refractivity contribution in [2.45, 2.75) is 27.7 Å². The summed E-state index contributed by atoms with van der Waals surface area (Å²) in [6.07, 6.45) is 0. The van der Waals surface area contributed by atoms with E-state index in [0.29, 0.717) is 41.1 Å². The molecule has 1 aromatic heterocycles. The summed E-state index contributed by atoms with van der Waals surface area (Å²) in [5, 5.41) is 9.58. The molecule has 0 aliphatic carbocycles. The Kier molecular flexibility index (Phi) is 7.26. The molecule has 0 fully saturated rings. The average Bonchev–Trinajstić information content (AvgIpc) is 2.84. The number of amides is 1. The predicted octanol–water partition coefficient (Wildman–Crippen LogP) is 6.54. The van der Waals surface area contributed by atoms with Gasteiger partial charge in [-0.2, -0.15) is 4.98 Å². The topological polar surface area (TPSA) is 88.2 Å². The predicted molar refractivity (Wildman–Crippen MR) is 141 cm³/mol. The highest BCUT2D eigenvalue weighted by molar-refractivity contribution is 6.08. The summed E-state index contributed by atoms with van der Waals surface area (Å²) in [5.41, 5.74) is 5.59. The van der Waals surface area contributed by atoms with Gasteiger partial charge in [0.2, 0.25) is 5.95 Å². The fourth-order valence-corrected chi connectivity index (χ4v) is 3.52. The van der Waals surface area contributed by atoms with Crippen LogP contribution in [0.3, 0.4) is 0 Å². The summed E-state index contributed by atoms with van der Waals surface area (Å²) in [6, 6.07) is 23.1. The summed E-state index contributed by atoms with van der Waals surface area (Å²) in [4.78, 5) is 22.5. The van der Waals surface area contributed by atoms with E-state index in [-0.39, 0.29) is 5.91 Å². The lowest BCUT2D eigenvalue weighted by Crippen LogP contribution is -2.17. The van der Waals surface area contributed by atoms with Crippen molar-refractivity contribution in [3.8, 4) is 5.75 Å². The minimum Gasteiger partial charge on any atom is -0.493 e. The van der Waals surface area contributed by atoms with Crippen LogP contribution in [0.5, 0.6) is 5.75 Å². The van der Waals surface area contributed by atoms with Crippen LogP contribution in [0, 0.1) is 20.8 Å². The first-order valence-electron chi connectivity index (χ1n) is 11.5. The van der Waals surface area contributed by atoms with Crippen molar-refractivity contribution in [1.29, 1.82) is 0 Å². The summed E-state index contributed by atoms with van der Waals surface area (Å²) in [5.74, 6) is 1.13. The van der Waals surface area contributed by atoms with Crippen molar-refractivity contribution in [1.82, 2.24) is 9.97 Å². The normalized spacial score (nSPS) is 10.5. The second-order valence-corrected chi connectivity index (χ2v) is 8.22. The molecule has 0 bridgehead atoms. The van der Waals surface area contributed by atoms with Gasteiger partial charge >= 0.3 is 0 Å². The number of nitrogens with one attached hydrogen (secondary N) is 3. The molecule has 4 aromatic rings. The average molecular weight is 468 g/mol. The summed E-state index contributed by atoms with van der Waals surface area (Å²) in [7, 11) is 0. The lowest BCUT2D eigenvalue weighted by atomic mass is 10.1. The highest BCUT2D eigenvalue weighted by Gasteiger charge is 2.18. The standard InChI is InChI=1S/C28H29N5O2/c1-5-35-24-9-7-6-8-23(24)27(34)32-25-20(4)29-28(31-22-16-12-19(3)13-17-22)33-26(25)30-21-14-10-18(2)11-15-21/h6-17H,5H2,1-4H3,(H,32,34)(H2,29,30,31,33). The highest BCUT2D eigenvalue weighted by Crippen LogP contribution is 2.30. The van der Waals surface area contributed by atoms with Crippen molar-refractivity contribution in [3.63, 3.8) is 0 Å². The fourth-order valence-electron chi connectivity index (χ4n) is 3.52. The Balaban J connectivity index is 1.69. The van der Waals surface area contributed by atoms with Gasteiger partial charge in [-0.3, -0.25) is 4.79 Å². The minimum atomic E-state index is -0.299. The molecular formula is C28H29N5O2. The zero-order valence-corrected chi connectivity index (χ0v) is 20.3. The Morgan fingerprint density at radius 1 is 0.800 bits per heavy atom. The molecule has 0 saturated carbocycles. The highest BCUT2D eigenvalue weighted by atomic mass is 16.5. The quantitative estimate of drug-likeness (QED) is 0.273. The first kappa shape index (κ1) is 23.8. The van der Waals surface area contributed by atoms with Crippen LogP contribution in [-0.2, 0) is 0 Å². The van der Waals surface area contributed by atoms with Gasteiger partial charge in [-0.15, -0.1) is 0 Å². The zero-order valence-electron chi connectivity index (χ0n) is 20.3. The van der Waals surface area contributed by atoms with E-state index >= 15 is 0 Å². The van der Waals surface area contributed by atoms with Gasteiger partial charge in [0.15, 0.2) is 5.82 Å². The van der Waals surface area contributed by atoms with Crippen molar-refractivity contribution in [2.75, 3.05) is 22.6 Å². The minimum absolute atomic E-state index is 0.299. The van der Waals surface area contributed by atoms with E-state index in [1.807, 2.05) is 82.3 Å². The Labute approximate surface area is 205 Å². The number of carbonyl (C=O) groups excluding carboxylic acids is 1. The van der Waals surface area contributed by atoms with E-state index in [0.717, 1.165) is 16.9 Å². The smallest absolute Gasteiger partial charge is 0.259 e. The lowest BCUT2D eigenvalue weighted by molar-refractivity contribution is 0.102. The molecule has 0 radical (unpaired) electrons. The largest absolute Gasteiger partial charge is 0.493 e. The number of nitrogens with zero attached hydrogens (tertiary/aromatic N) is 2. The van der Waals surface area contributed by atoms with Crippen LogP contribution >= 0.6 is 0 Å². The van der Waals surface area contributed by atoms with Gasteiger partial charge in [0, 0.05) is 11.4 Å². The van der Waals surface area contributed by atoms with Crippen molar-refractivity contribution < 1.29 is 9.53 Å². The Hall–Kier alpha value is -4.39. The molecule has 0 spiro atoms. The van der Waals surface area contributed by atoms with Crippen LogP contribution in [0.25, 0.3) is 0 Å². The van der Waals surface area contributed by atoms with E-state index in [1.165, 1.54) is 5.56 Å². The summed E-state index contributed by atoms with van der Waals surface area (Å²) >= 11 is 0. The second-order valence-electron chi connectivity index (χ2n) is 8.22. The maximum absolute atomic E-state index is 13.2.